The van der Waals surface area contributed by atoms with Crippen molar-refractivity contribution in [2.45, 2.75) is 18.4 Å². The lowest BCUT2D eigenvalue weighted by Crippen LogP contribution is -2.48. The van der Waals surface area contributed by atoms with Gasteiger partial charge in [-0.1, -0.05) is 35.1 Å². The number of hydrogen-bond donors (Lipinski definition) is 0. The van der Waals surface area contributed by atoms with Crippen LogP contribution in [0.25, 0.3) is 15.5 Å². The van der Waals surface area contributed by atoms with E-state index in [2.05, 4.69) is 15.0 Å². The Hall–Kier alpha value is -2.83. The first kappa shape index (κ1) is 24.8. The molecule has 1 saturated heterocycles. The van der Waals surface area contributed by atoms with Crippen LogP contribution in [0.15, 0.2) is 64.3 Å². The highest BCUT2D eigenvalue weighted by Gasteiger charge is 2.28. The minimum Gasteiger partial charge on any atom is -0.494 e. The molecule has 0 radical (unpaired) electrons. The zero-order valence-electron chi connectivity index (χ0n) is 19.5. The highest BCUT2D eigenvalue weighted by Crippen LogP contribution is 2.26. The van der Waals surface area contributed by atoms with E-state index in [9.17, 15) is 13.2 Å². The van der Waals surface area contributed by atoms with Crippen molar-refractivity contribution in [3.8, 4) is 16.3 Å². The molecular weight excluding hydrogens is 522 g/mol. The van der Waals surface area contributed by atoms with Gasteiger partial charge in [0.1, 0.15) is 10.8 Å². The van der Waals surface area contributed by atoms with Gasteiger partial charge < -0.3 is 4.74 Å². The molecule has 0 aliphatic carbocycles. The first-order valence-electron chi connectivity index (χ1n) is 11.4. The Bertz CT molecular complexity index is 1530. The number of nitrogens with zero attached hydrogens (tertiary/aromatic N) is 5. The SMILES string of the molecule is CCOc1ccc(S(=O)(=O)N2CCN(Cc3cc(=O)n4nc(-c5ccc(Cl)cc5)sc4n3)CC2)cc1. The van der Waals surface area contributed by atoms with E-state index in [0.29, 0.717) is 65.8 Å². The third kappa shape index (κ3) is 5.16. The van der Waals surface area contributed by atoms with Gasteiger partial charge in [0.15, 0.2) is 0 Å². The fourth-order valence-electron chi connectivity index (χ4n) is 4.03. The maximum absolute atomic E-state index is 13.0. The van der Waals surface area contributed by atoms with Crippen molar-refractivity contribution in [2.75, 3.05) is 32.8 Å². The molecule has 0 atom stereocenters. The summed E-state index contributed by atoms with van der Waals surface area (Å²) in [7, 11) is -3.58. The molecule has 0 saturated carbocycles. The minimum atomic E-state index is -3.58. The lowest BCUT2D eigenvalue weighted by molar-refractivity contribution is 0.180. The van der Waals surface area contributed by atoms with Gasteiger partial charge in [-0.05, 0) is 43.3 Å². The van der Waals surface area contributed by atoms with E-state index < -0.39 is 10.0 Å². The molecule has 36 heavy (non-hydrogen) atoms. The Labute approximate surface area is 217 Å². The van der Waals surface area contributed by atoms with Crippen LogP contribution in [0.1, 0.15) is 12.6 Å². The quantitative estimate of drug-likeness (QED) is 0.351. The standard InChI is InChI=1S/C24H24ClN5O4S2/c1-2-34-20-7-9-21(10-8-20)36(32,33)29-13-11-28(12-14-29)16-19-15-22(31)30-24(26-19)35-23(27-30)17-3-5-18(25)6-4-17/h3-10,15H,2,11-14,16H2,1H3. The smallest absolute Gasteiger partial charge is 0.275 e. The normalized spacial score (nSPS) is 15.4. The second-order valence-corrected chi connectivity index (χ2v) is 11.6. The summed E-state index contributed by atoms with van der Waals surface area (Å²) in [5.74, 6) is 0.642. The molecule has 0 bridgehead atoms. The van der Waals surface area contributed by atoms with Gasteiger partial charge in [-0.25, -0.2) is 13.4 Å². The molecule has 0 amide bonds. The number of benzene rings is 2. The minimum absolute atomic E-state index is 0.247. The van der Waals surface area contributed by atoms with Crippen LogP contribution in [-0.2, 0) is 16.6 Å². The van der Waals surface area contributed by atoms with Crippen LogP contribution in [-0.4, -0.2) is 65.0 Å². The molecule has 188 valence electrons. The van der Waals surface area contributed by atoms with Gasteiger partial charge in [-0.2, -0.15) is 13.9 Å². The third-order valence-electron chi connectivity index (χ3n) is 5.88. The van der Waals surface area contributed by atoms with Gasteiger partial charge in [0, 0.05) is 49.4 Å². The van der Waals surface area contributed by atoms with E-state index in [1.807, 2.05) is 19.1 Å². The molecule has 0 N–H and O–H groups in total. The predicted molar refractivity (Wildman–Crippen MR) is 139 cm³/mol. The highest BCUT2D eigenvalue weighted by molar-refractivity contribution is 7.89. The van der Waals surface area contributed by atoms with E-state index >= 15 is 0 Å². The molecule has 1 fully saturated rings. The van der Waals surface area contributed by atoms with Gasteiger partial charge in [0.05, 0.1) is 17.2 Å². The molecule has 12 heteroatoms. The second kappa shape index (κ2) is 10.3. The fraction of sp³-hybridized carbons (Fsp3) is 0.292. The van der Waals surface area contributed by atoms with Gasteiger partial charge in [-0.15, -0.1) is 0 Å². The Kier molecular flexibility index (Phi) is 7.09. The van der Waals surface area contributed by atoms with E-state index in [0.717, 1.165) is 5.56 Å². The molecule has 3 heterocycles. The van der Waals surface area contributed by atoms with E-state index in [1.54, 1.807) is 36.4 Å². The number of halogens is 1. The van der Waals surface area contributed by atoms with Crippen LogP contribution in [0.2, 0.25) is 5.02 Å². The van der Waals surface area contributed by atoms with Gasteiger partial charge >= 0.3 is 0 Å². The number of aromatic nitrogens is 3. The van der Waals surface area contributed by atoms with Crippen molar-refractivity contribution >= 4 is 37.9 Å². The maximum Gasteiger partial charge on any atom is 0.275 e. The highest BCUT2D eigenvalue weighted by atomic mass is 35.5. The van der Waals surface area contributed by atoms with Crippen molar-refractivity contribution in [3.63, 3.8) is 0 Å². The van der Waals surface area contributed by atoms with Crippen molar-refractivity contribution in [1.29, 1.82) is 0 Å². The number of fused-ring (bicyclic) bond motifs is 1. The van der Waals surface area contributed by atoms with E-state index in [1.165, 1.54) is 26.2 Å². The largest absolute Gasteiger partial charge is 0.494 e. The Balaban J connectivity index is 1.26. The van der Waals surface area contributed by atoms with Gasteiger partial charge in [0.25, 0.3) is 5.56 Å². The van der Waals surface area contributed by atoms with Crippen LogP contribution in [0.5, 0.6) is 5.75 Å². The summed E-state index contributed by atoms with van der Waals surface area (Å²) in [5.41, 5.74) is 1.25. The van der Waals surface area contributed by atoms with Crippen LogP contribution in [0, 0.1) is 0 Å². The summed E-state index contributed by atoms with van der Waals surface area (Å²) in [5, 5.41) is 5.72. The molecule has 2 aromatic heterocycles. The molecule has 4 aromatic rings. The summed E-state index contributed by atoms with van der Waals surface area (Å²) in [6, 6.07) is 15.2. The lowest BCUT2D eigenvalue weighted by Gasteiger charge is -2.33. The number of ether oxygens (including phenoxy) is 1. The molecule has 0 unspecified atom stereocenters. The zero-order valence-corrected chi connectivity index (χ0v) is 21.9. The molecule has 9 nitrogen and oxygen atoms in total. The Morgan fingerprint density at radius 1 is 1.03 bits per heavy atom. The van der Waals surface area contributed by atoms with Gasteiger partial charge in [0.2, 0.25) is 15.0 Å². The molecule has 5 rings (SSSR count). The average Bonchev–Trinajstić information content (AvgIpc) is 3.30. The first-order chi connectivity index (χ1) is 17.3. The van der Waals surface area contributed by atoms with Crippen LogP contribution in [0.3, 0.4) is 0 Å². The number of piperazine rings is 1. The van der Waals surface area contributed by atoms with Crippen molar-refractivity contribution in [1.82, 2.24) is 23.8 Å². The summed E-state index contributed by atoms with van der Waals surface area (Å²) >= 11 is 7.30. The van der Waals surface area contributed by atoms with E-state index in [-0.39, 0.29) is 10.5 Å². The maximum atomic E-state index is 13.0. The molecule has 1 aliphatic rings. The summed E-state index contributed by atoms with van der Waals surface area (Å²) in [4.78, 5) is 20.2. The summed E-state index contributed by atoms with van der Waals surface area (Å²) in [6.45, 7) is 4.65. The lowest BCUT2D eigenvalue weighted by atomic mass is 10.2. The van der Waals surface area contributed by atoms with Crippen molar-refractivity contribution in [3.05, 3.63) is 75.7 Å². The van der Waals surface area contributed by atoms with Crippen LogP contribution < -0.4 is 10.3 Å². The molecule has 0 spiro atoms. The number of sulfonamides is 1. The Morgan fingerprint density at radius 2 is 1.72 bits per heavy atom. The molecule has 2 aromatic carbocycles. The summed E-state index contributed by atoms with van der Waals surface area (Å²) in [6.07, 6.45) is 0. The first-order valence-corrected chi connectivity index (χ1v) is 14.1. The zero-order chi connectivity index (χ0) is 25.3. The van der Waals surface area contributed by atoms with Crippen molar-refractivity contribution < 1.29 is 13.2 Å². The number of rotatable bonds is 7. The van der Waals surface area contributed by atoms with Gasteiger partial charge in [-0.3, -0.25) is 9.69 Å². The number of hydrogen-bond acceptors (Lipinski definition) is 8. The predicted octanol–water partition coefficient (Wildman–Crippen LogP) is 3.38. The molecular formula is C24H24ClN5O4S2. The fourth-order valence-corrected chi connectivity index (χ4v) is 6.50. The summed E-state index contributed by atoms with van der Waals surface area (Å²) < 4.78 is 34.3. The third-order valence-corrected chi connectivity index (χ3v) is 9.00. The topological polar surface area (TPSA) is 97.1 Å². The Morgan fingerprint density at radius 3 is 2.39 bits per heavy atom. The van der Waals surface area contributed by atoms with E-state index in [4.69, 9.17) is 16.3 Å². The average molecular weight is 546 g/mol. The monoisotopic (exact) mass is 545 g/mol. The van der Waals surface area contributed by atoms with Crippen LogP contribution >= 0.6 is 22.9 Å². The second-order valence-electron chi connectivity index (χ2n) is 8.28. The van der Waals surface area contributed by atoms with Crippen LogP contribution in [0.4, 0.5) is 0 Å². The molecule has 1 aliphatic heterocycles. The van der Waals surface area contributed by atoms with Crippen molar-refractivity contribution in [2.24, 2.45) is 0 Å².